The fourth-order valence-electron chi connectivity index (χ4n) is 1.86. The van der Waals surface area contributed by atoms with Crippen LogP contribution in [0.5, 0.6) is 0 Å². The first-order valence-electron chi connectivity index (χ1n) is 6.15. The lowest BCUT2D eigenvalue weighted by molar-refractivity contribution is 0.0687. The van der Waals surface area contributed by atoms with E-state index in [1.807, 2.05) is 26.8 Å². The minimum Gasteiger partial charge on any atom is -0.477 e. The van der Waals surface area contributed by atoms with E-state index in [0.717, 1.165) is 24.2 Å². The number of rotatable bonds is 4. The average Bonchev–Trinajstić information content (AvgIpc) is 2.71. The number of aryl methyl sites for hydroxylation is 1. The van der Waals surface area contributed by atoms with Crippen LogP contribution in [0.1, 0.15) is 55.0 Å². The van der Waals surface area contributed by atoms with Crippen LogP contribution in [0, 0.1) is 0 Å². The normalized spacial score (nSPS) is 11.3. The minimum atomic E-state index is -0.974. The van der Waals surface area contributed by atoms with Crippen LogP contribution in [0.25, 0.3) is 5.65 Å². The van der Waals surface area contributed by atoms with Crippen molar-refractivity contribution < 1.29 is 9.90 Å². The Labute approximate surface area is 105 Å². The van der Waals surface area contributed by atoms with Crippen molar-refractivity contribution in [1.29, 1.82) is 0 Å². The van der Waals surface area contributed by atoms with E-state index in [1.54, 1.807) is 6.07 Å². The van der Waals surface area contributed by atoms with E-state index < -0.39 is 5.97 Å². The van der Waals surface area contributed by atoms with Gasteiger partial charge in [-0.05, 0) is 18.4 Å². The molecule has 0 fully saturated rings. The van der Waals surface area contributed by atoms with Crippen LogP contribution < -0.4 is 0 Å². The third kappa shape index (κ3) is 2.20. The summed E-state index contributed by atoms with van der Waals surface area (Å²) in [4.78, 5) is 15.7. The minimum absolute atomic E-state index is 0.176. The first kappa shape index (κ1) is 12.5. The highest BCUT2D eigenvalue weighted by Crippen LogP contribution is 2.17. The van der Waals surface area contributed by atoms with Gasteiger partial charge in [-0.25, -0.2) is 14.3 Å². The maximum Gasteiger partial charge on any atom is 0.354 e. The van der Waals surface area contributed by atoms with Gasteiger partial charge in [0.25, 0.3) is 0 Å². The summed E-state index contributed by atoms with van der Waals surface area (Å²) in [7, 11) is 0. The average molecular weight is 247 g/mol. The fourth-order valence-corrected chi connectivity index (χ4v) is 1.86. The summed E-state index contributed by atoms with van der Waals surface area (Å²) in [6.07, 6.45) is 1.71. The van der Waals surface area contributed by atoms with Gasteiger partial charge in [0.05, 0.1) is 5.69 Å². The summed E-state index contributed by atoms with van der Waals surface area (Å²) >= 11 is 0. The van der Waals surface area contributed by atoms with Gasteiger partial charge in [-0.15, -0.1) is 0 Å². The maximum absolute atomic E-state index is 11.3. The second-order valence-electron chi connectivity index (χ2n) is 4.68. The lowest BCUT2D eigenvalue weighted by atomic mass is 10.1. The highest BCUT2D eigenvalue weighted by atomic mass is 16.4. The number of carbonyl (C=O) groups is 1. The smallest absolute Gasteiger partial charge is 0.354 e. The van der Waals surface area contributed by atoms with Crippen molar-refractivity contribution >= 4 is 11.6 Å². The summed E-state index contributed by atoms with van der Waals surface area (Å²) in [5, 5.41) is 13.5. The summed E-state index contributed by atoms with van der Waals surface area (Å²) in [6, 6.07) is 3.46. The number of carboxylic acid groups (broad SMARTS) is 1. The lowest BCUT2D eigenvalue weighted by Gasteiger charge is -2.03. The zero-order valence-electron chi connectivity index (χ0n) is 10.8. The molecule has 2 aromatic heterocycles. The fraction of sp³-hybridized carbons (Fsp3) is 0.462. The SMILES string of the molecule is CCCc1cc(C(=O)O)n2nc(C(C)C)cc2n1. The van der Waals surface area contributed by atoms with Crippen LogP contribution in [0.2, 0.25) is 0 Å². The molecule has 0 aliphatic rings. The van der Waals surface area contributed by atoms with Gasteiger partial charge in [-0.2, -0.15) is 5.10 Å². The zero-order valence-corrected chi connectivity index (χ0v) is 10.8. The first-order valence-corrected chi connectivity index (χ1v) is 6.15. The predicted octanol–water partition coefficient (Wildman–Crippen LogP) is 2.50. The molecule has 2 rings (SSSR count). The summed E-state index contributed by atoms with van der Waals surface area (Å²) in [6.45, 7) is 6.09. The van der Waals surface area contributed by atoms with Crippen molar-refractivity contribution in [2.45, 2.75) is 39.5 Å². The van der Waals surface area contributed by atoms with Crippen molar-refractivity contribution in [2.75, 3.05) is 0 Å². The topological polar surface area (TPSA) is 67.5 Å². The number of nitrogens with zero attached hydrogens (tertiary/aromatic N) is 3. The number of aromatic nitrogens is 3. The monoisotopic (exact) mass is 247 g/mol. The van der Waals surface area contributed by atoms with Gasteiger partial charge < -0.3 is 5.11 Å². The predicted molar refractivity (Wildman–Crippen MR) is 68.0 cm³/mol. The molecule has 18 heavy (non-hydrogen) atoms. The molecule has 96 valence electrons. The molecule has 0 aliphatic heterocycles. The Balaban J connectivity index is 2.65. The number of carboxylic acids is 1. The molecule has 1 N–H and O–H groups in total. The van der Waals surface area contributed by atoms with E-state index in [4.69, 9.17) is 0 Å². The van der Waals surface area contributed by atoms with Gasteiger partial charge in [0.2, 0.25) is 0 Å². The summed E-state index contributed by atoms with van der Waals surface area (Å²) in [5.74, 6) is -0.721. The van der Waals surface area contributed by atoms with Crippen LogP contribution >= 0.6 is 0 Å². The van der Waals surface area contributed by atoms with E-state index in [9.17, 15) is 9.90 Å². The second kappa shape index (κ2) is 4.76. The molecule has 5 nitrogen and oxygen atoms in total. The second-order valence-corrected chi connectivity index (χ2v) is 4.68. The molecule has 0 saturated carbocycles. The Morgan fingerprint density at radius 1 is 1.44 bits per heavy atom. The molecule has 0 radical (unpaired) electrons. The Kier molecular flexibility index (Phi) is 3.32. The highest BCUT2D eigenvalue weighted by Gasteiger charge is 2.15. The largest absolute Gasteiger partial charge is 0.477 e. The van der Waals surface area contributed by atoms with Crippen LogP contribution in [0.15, 0.2) is 12.1 Å². The quantitative estimate of drug-likeness (QED) is 0.901. The van der Waals surface area contributed by atoms with Crippen molar-refractivity contribution in [1.82, 2.24) is 14.6 Å². The molecule has 5 heteroatoms. The molecule has 0 aromatic carbocycles. The molecular weight excluding hydrogens is 230 g/mol. The van der Waals surface area contributed by atoms with Crippen molar-refractivity contribution in [3.05, 3.63) is 29.2 Å². The van der Waals surface area contributed by atoms with Gasteiger partial charge in [0.1, 0.15) is 0 Å². The molecule has 0 spiro atoms. The van der Waals surface area contributed by atoms with Crippen LogP contribution in [0.3, 0.4) is 0 Å². The molecule has 0 bridgehead atoms. The van der Waals surface area contributed by atoms with Crippen LogP contribution in [0.4, 0.5) is 0 Å². The first-order chi connectivity index (χ1) is 8.52. The van der Waals surface area contributed by atoms with E-state index >= 15 is 0 Å². The van der Waals surface area contributed by atoms with Gasteiger partial charge in [-0.1, -0.05) is 27.2 Å². The highest BCUT2D eigenvalue weighted by molar-refractivity contribution is 5.86. The summed E-state index contributed by atoms with van der Waals surface area (Å²) < 4.78 is 1.41. The Hall–Kier alpha value is -1.91. The zero-order chi connectivity index (χ0) is 13.3. The third-order valence-corrected chi connectivity index (χ3v) is 2.82. The number of fused-ring (bicyclic) bond motifs is 1. The van der Waals surface area contributed by atoms with Gasteiger partial charge >= 0.3 is 5.97 Å². The lowest BCUT2D eigenvalue weighted by Crippen LogP contribution is -2.09. The standard InChI is InChI=1S/C13H17N3O2/c1-4-5-9-6-11(13(17)18)16-12(14-9)7-10(15-16)8(2)3/h6-8H,4-5H2,1-3H3,(H,17,18). The van der Waals surface area contributed by atoms with Crippen molar-refractivity contribution in [2.24, 2.45) is 0 Å². The Morgan fingerprint density at radius 2 is 2.17 bits per heavy atom. The number of aromatic carboxylic acids is 1. The van der Waals surface area contributed by atoms with Crippen LogP contribution in [-0.4, -0.2) is 25.7 Å². The summed E-state index contributed by atoms with van der Waals surface area (Å²) in [5.41, 5.74) is 2.45. The van der Waals surface area contributed by atoms with Gasteiger partial charge in [0, 0.05) is 11.8 Å². The third-order valence-electron chi connectivity index (χ3n) is 2.82. The maximum atomic E-state index is 11.3. The molecule has 2 heterocycles. The van der Waals surface area contributed by atoms with Crippen LogP contribution in [-0.2, 0) is 6.42 Å². The van der Waals surface area contributed by atoms with Crippen molar-refractivity contribution in [3.63, 3.8) is 0 Å². The Bertz CT molecular complexity index is 587. The molecule has 0 saturated heterocycles. The molecular formula is C13H17N3O2. The van der Waals surface area contributed by atoms with E-state index in [-0.39, 0.29) is 11.6 Å². The molecule has 0 atom stereocenters. The molecule has 0 unspecified atom stereocenters. The molecule has 0 aliphatic carbocycles. The van der Waals surface area contributed by atoms with Crippen molar-refractivity contribution in [3.8, 4) is 0 Å². The molecule has 0 amide bonds. The molecule has 2 aromatic rings. The number of hydrogen-bond donors (Lipinski definition) is 1. The number of hydrogen-bond acceptors (Lipinski definition) is 3. The Morgan fingerprint density at radius 3 is 2.72 bits per heavy atom. The van der Waals surface area contributed by atoms with E-state index in [0.29, 0.717) is 5.65 Å². The van der Waals surface area contributed by atoms with E-state index in [2.05, 4.69) is 10.1 Å². The van der Waals surface area contributed by atoms with Gasteiger partial charge in [-0.3, -0.25) is 0 Å². The van der Waals surface area contributed by atoms with Gasteiger partial charge in [0.15, 0.2) is 11.3 Å². The van der Waals surface area contributed by atoms with E-state index in [1.165, 1.54) is 4.52 Å².